The molecule has 5 nitrogen and oxygen atoms in total. The van der Waals surface area contributed by atoms with Gasteiger partial charge in [0.2, 0.25) is 0 Å². The molecule has 2 atom stereocenters. The number of carbonyl (C=O) groups is 1. The van der Waals surface area contributed by atoms with Gasteiger partial charge in [-0.25, -0.2) is 0 Å². The molecule has 0 bridgehead atoms. The highest BCUT2D eigenvalue weighted by atomic mass is 32.1. The average molecular weight is 330 g/mol. The monoisotopic (exact) mass is 330 g/mol. The van der Waals surface area contributed by atoms with E-state index in [1.54, 1.807) is 38.1 Å². The summed E-state index contributed by atoms with van der Waals surface area (Å²) in [6, 6.07) is 12.2. The predicted molar refractivity (Wildman–Crippen MR) is 88.1 cm³/mol. The molecule has 0 aliphatic rings. The topological polar surface area (TPSA) is 82.3 Å². The fourth-order valence-corrected chi connectivity index (χ4v) is 2.73. The van der Waals surface area contributed by atoms with Gasteiger partial charge in [0.25, 0.3) is 5.91 Å². The van der Waals surface area contributed by atoms with E-state index < -0.39 is 11.7 Å². The second-order valence-corrected chi connectivity index (χ2v) is 6.31. The lowest BCUT2D eigenvalue weighted by molar-refractivity contribution is -0.128. The molecule has 2 unspecified atom stereocenters. The maximum absolute atomic E-state index is 12.1. The minimum Gasteiger partial charge on any atom is -0.481 e. The molecule has 0 aliphatic heterocycles. The highest BCUT2D eigenvalue weighted by molar-refractivity contribution is 7.10. The van der Waals surface area contributed by atoms with E-state index in [0.717, 1.165) is 4.88 Å². The largest absolute Gasteiger partial charge is 0.481 e. The molecule has 1 heterocycles. The maximum atomic E-state index is 12.1. The van der Waals surface area contributed by atoms with Crippen molar-refractivity contribution in [3.05, 3.63) is 52.2 Å². The maximum Gasteiger partial charge on any atom is 0.260 e. The lowest BCUT2D eigenvalue weighted by Crippen LogP contribution is -2.43. The van der Waals surface area contributed by atoms with Crippen LogP contribution in [0.5, 0.6) is 5.75 Å². The number of hydrogen-bond donors (Lipinski definition) is 2. The van der Waals surface area contributed by atoms with Crippen LogP contribution in [0.3, 0.4) is 0 Å². The van der Waals surface area contributed by atoms with E-state index in [1.807, 2.05) is 23.6 Å². The molecule has 1 aromatic carbocycles. The van der Waals surface area contributed by atoms with Crippen LogP contribution in [-0.2, 0) is 10.4 Å². The third kappa shape index (κ3) is 4.55. The van der Waals surface area contributed by atoms with E-state index in [4.69, 9.17) is 10.00 Å². The van der Waals surface area contributed by atoms with E-state index in [-0.39, 0.29) is 12.5 Å². The van der Waals surface area contributed by atoms with Crippen LogP contribution in [-0.4, -0.2) is 23.7 Å². The Morgan fingerprint density at radius 3 is 2.70 bits per heavy atom. The van der Waals surface area contributed by atoms with Crippen LogP contribution in [0.4, 0.5) is 0 Å². The summed E-state index contributed by atoms with van der Waals surface area (Å²) in [4.78, 5) is 12.9. The van der Waals surface area contributed by atoms with E-state index in [9.17, 15) is 9.90 Å². The van der Waals surface area contributed by atoms with E-state index >= 15 is 0 Å². The van der Waals surface area contributed by atoms with Gasteiger partial charge >= 0.3 is 0 Å². The molecule has 23 heavy (non-hydrogen) atoms. The zero-order valence-electron chi connectivity index (χ0n) is 12.9. The van der Waals surface area contributed by atoms with Gasteiger partial charge < -0.3 is 15.2 Å². The quantitative estimate of drug-likeness (QED) is 0.852. The molecule has 0 saturated heterocycles. The summed E-state index contributed by atoms with van der Waals surface area (Å²) in [6.07, 6.45) is -0.706. The molecule has 6 heteroatoms. The highest BCUT2D eigenvalue weighted by Gasteiger charge is 2.26. The van der Waals surface area contributed by atoms with Crippen molar-refractivity contribution in [2.45, 2.75) is 25.6 Å². The van der Waals surface area contributed by atoms with Crippen LogP contribution in [0, 0.1) is 11.3 Å². The van der Waals surface area contributed by atoms with Crippen molar-refractivity contribution in [3.8, 4) is 11.8 Å². The lowest BCUT2D eigenvalue weighted by atomic mass is 10.1. The summed E-state index contributed by atoms with van der Waals surface area (Å²) in [5.74, 6) is 0.197. The average Bonchev–Trinajstić information content (AvgIpc) is 3.08. The minimum atomic E-state index is -1.11. The highest BCUT2D eigenvalue weighted by Crippen LogP contribution is 2.24. The summed E-state index contributed by atoms with van der Waals surface area (Å²) >= 11 is 1.44. The van der Waals surface area contributed by atoms with Crippen molar-refractivity contribution in [1.82, 2.24) is 5.32 Å². The van der Waals surface area contributed by atoms with E-state index in [1.165, 1.54) is 11.3 Å². The zero-order chi connectivity index (χ0) is 16.9. The molecule has 0 fully saturated rings. The van der Waals surface area contributed by atoms with Gasteiger partial charge in [-0.1, -0.05) is 6.07 Å². The number of rotatable bonds is 6. The number of nitrogens with one attached hydrogen (secondary N) is 1. The first-order valence-corrected chi connectivity index (χ1v) is 8.01. The molecule has 1 amide bonds. The standard InChI is InChI=1S/C17H18N2O3S/c1-12(22-14-7-5-13(10-18)6-8-14)16(20)19-11-17(2,21)15-4-3-9-23-15/h3-9,12,21H,11H2,1-2H3,(H,19,20). The Morgan fingerprint density at radius 2 is 2.13 bits per heavy atom. The van der Waals surface area contributed by atoms with Gasteiger partial charge in [-0.05, 0) is 49.6 Å². The third-order valence-electron chi connectivity index (χ3n) is 3.32. The summed E-state index contributed by atoms with van der Waals surface area (Å²) in [5.41, 5.74) is -0.584. The summed E-state index contributed by atoms with van der Waals surface area (Å²) in [7, 11) is 0. The second-order valence-electron chi connectivity index (χ2n) is 5.37. The van der Waals surface area contributed by atoms with Gasteiger partial charge in [-0.3, -0.25) is 4.79 Å². The van der Waals surface area contributed by atoms with Crippen LogP contribution in [0.15, 0.2) is 41.8 Å². The number of carbonyl (C=O) groups excluding carboxylic acids is 1. The van der Waals surface area contributed by atoms with Gasteiger partial charge in [0, 0.05) is 4.88 Å². The van der Waals surface area contributed by atoms with Gasteiger partial charge in [-0.2, -0.15) is 5.26 Å². The normalized spacial score (nSPS) is 14.3. The molecule has 0 radical (unpaired) electrons. The Hall–Kier alpha value is -2.36. The number of thiophene rings is 1. The second kappa shape index (κ2) is 7.27. The fraction of sp³-hybridized carbons (Fsp3) is 0.294. The van der Waals surface area contributed by atoms with Crippen LogP contribution in [0.25, 0.3) is 0 Å². The number of aliphatic hydroxyl groups is 1. The summed E-state index contributed by atoms with van der Waals surface area (Å²) < 4.78 is 5.53. The van der Waals surface area contributed by atoms with Crippen molar-refractivity contribution in [2.75, 3.05) is 6.54 Å². The lowest BCUT2D eigenvalue weighted by Gasteiger charge is -2.23. The molecule has 0 spiro atoms. The SMILES string of the molecule is CC(Oc1ccc(C#N)cc1)C(=O)NCC(C)(O)c1cccs1. The zero-order valence-corrected chi connectivity index (χ0v) is 13.8. The molecule has 0 aliphatic carbocycles. The van der Waals surface area contributed by atoms with Crippen molar-refractivity contribution in [3.63, 3.8) is 0 Å². The van der Waals surface area contributed by atoms with Crippen LogP contribution >= 0.6 is 11.3 Å². The molecular weight excluding hydrogens is 312 g/mol. The number of amides is 1. The van der Waals surface area contributed by atoms with Gasteiger partial charge in [0.15, 0.2) is 6.10 Å². The van der Waals surface area contributed by atoms with Crippen molar-refractivity contribution < 1.29 is 14.6 Å². The number of ether oxygens (including phenoxy) is 1. The van der Waals surface area contributed by atoms with Crippen molar-refractivity contribution in [2.24, 2.45) is 0 Å². The van der Waals surface area contributed by atoms with E-state index in [2.05, 4.69) is 5.32 Å². The Kier molecular flexibility index (Phi) is 5.37. The van der Waals surface area contributed by atoms with Gasteiger partial charge in [0.1, 0.15) is 11.4 Å². The smallest absolute Gasteiger partial charge is 0.260 e. The van der Waals surface area contributed by atoms with Gasteiger partial charge in [-0.15, -0.1) is 11.3 Å². The molecule has 1 aromatic heterocycles. The first kappa shape index (κ1) is 17.0. The van der Waals surface area contributed by atoms with Crippen LogP contribution in [0.1, 0.15) is 24.3 Å². The molecule has 2 aromatic rings. The first-order chi connectivity index (χ1) is 10.9. The Morgan fingerprint density at radius 1 is 1.43 bits per heavy atom. The molecule has 2 rings (SSSR count). The van der Waals surface area contributed by atoms with Crippen molar-refractivity contribution in [1.29, 1.82) is 5.26 Å². The number of hydrogen-bond acceptors (Lipinski definition) is 5. The number of benzene rings is 1. The van der Waals surface area contributed by atoms with Crippen molar-refractivity contribution >= 4 is 17.2 Å². The van der Waals surface area contributed by atoms with E-state index in [0.29, 0.717) is 11.3 Å². The Balaban J connectivity index is 1.88. The predicted octanol–water partition coefficient (Wildman–Crippen LogP) is 2.41. The third-order valence-corrected chi connectivity index (χ3v) is 4.45. The van der Waals surface area contributed by atoms with Crippen LogP contribution in [0.2, 0.25) is 0 Å². The van der Waals surface area contributed by atoms with Gasteiger partial charge in [0.05, 0.1) is 18.2 Å². The number of nitriles is 1. The first-order valence-electron chi connectivity index (χ1n) is 7.13. The molecule has 120 valence electrons. The summed E-state index contributed by atoms with van der Waals surface area (Å²) in [6.45, 7) is 3.39. The molecule has 0 saturated carbocycles. The minimum absolute atomic E-state index is 0.105. The fourth-order valence-electron chi connectivity index (χ4n) is 1.94. The Labute approximate surface area is 139 Å². The molecule has 2 N–H and O–H groups in total. The van der Waals surface area contributed by atoms with Crippen LogP contribution < -0.4 is 10.1 Å². The molecular formula is C17H18N2O3S. The summed E-state index contributed by atoms with van der Waals surface area (Å²) in [5, 5.41) is 23.7. The Bertz CT molecular complexity index is 688. The number of nitrogens with zero attached hydrogens (tertiary/aromatic N) is 1.